The number of β-amino-alcohol motifs (C(OH)–C–C–N with tert-alkyl or cyclic N) is 2. The normalized spacial score (nSPS) is 15.3. The summed E-state index contributed by atoms with van der Waals surface area (Å²) in [6.45, 7) is 5.68. The van der Waals surface area contributed by atoms with E-state index in [2.05, 4.69) is 13.2 Å². The Morgan fingerprint density at radius 1 is 0.646 bits per heavy atom. The monoisotopic (exact) mass is 936 g/mol. The van der Waals surface area contributed by atoms with Crippen molar-refractivity contribution < 1.29 is 91.6 Å². The van der Waals surface area contributed by atoms with E-state index < -0.39 is 130 Å². The molecule has 1 aliphatic rings. The predicted molar refractivity (Wildman–Crippen MR) is 227 cm³/mol. The highest BCUT2D eigenvalue weighted by Crippen LogP contribution is 2.25. The number of aliphatic hydroxyl groups excluding tert-OH is 3. The number of amides is 3. The van der Waals surface area contributed by atoms with Crippen LogP contribution in [0, 0.1) is 5.92 Å². The van der Waals surface area contributed by atoms with E-state index >= 15 is 0 Å². The minimum Gasteiger partial charge on any atom is -0.463 e. The molecule has 3 amide bonds. The number of thiocarbonyl (C=S) groups is 1. The molecule has 3 N–H and O–H groups in total. The summed E-state index contributed by atoms with van der Waals surface area (Å²) in [5.41, 5.74) is 0.594. The number of imide groups is 1. The van der Waals surface area contributed by atoms with Crippen LogP contribution >= 0.6 is 12.2 Å². The number of carbonyl (C=O) groups is 9. The van der Waals surface area contributed by atoms with Gasteiger partial charge in [-0.15, -0.1) is 0 Å². The molecule has 1 aliphatic heterocycles. The van der Waals surface area contributed by atoms with Crippen LogP contribution in [0.15, 0.2) is 54.6 Å². The molecule has 358 valence electrons. The number of ether oxygens (including phenoxy) is 7. The zero-order chi connectivity index (χ0) is 48.5. The van der Waals surface area contributed by atoms with Gasteiger partial charge in [-0.2, -0.15) is 0 Å². The van der Waals surface area contributed by atoms with Crippen LogP contribution in [0.3, 0.4) is 0 Å². The molecule has 0 aromatic heterocycles. The number of hydrogen-bond donors (Lipinski definition) is 3. The summed E-state index contributed by atoms with van der Waals surface area (Å²) in [4.78, 5) is 113. The van der Waals surface area contributed by atoms with Crippen molar-refractivity contribution in [2.45, 2.75) is 83.5 Å². The number of hydrogen-bond acceptors (Lipinski definition) is 20. The largest absolute Gasteiger partial charge is 0.463 e. The average Bonchev–Trinajstić information content (AvgIpc) is 3.28. The van der Waals surface area contributed by atoms with Gasteiger partial charge < -0.3 is 48.5 Å². The molecule has 1 fully saturated rings. The molecule has 4 atom stereocenters. The lowest BCUT2D eigenvalue weighted by Crippen LogP contribution is -2.56. The lowest BCUT2D eigenvalue weighted by Gasteiger charge is -2.37. The Balaban J connectivity index is 2.03. The first-order chi connectivity index (χ1) is 30.8. The molecule has 65 heavy (non-hydrogen) atoms. The van der Waals surface area contributed by atoms with Crippen LogP contribution in [0.2, 0.25) is 0 Å². The van der Waals surface area contributed by atoms with Gasteiger partial charge in [0.25, 0.3) is 0 Å². The number of rotatable bonds is 28. The quantitative estimate of drug-likeness (QED) is 0.0354. The Labute approximate surface area is 380 Å². The number of urea groups is 1. The molecule has 21 nitrogen and oxygen atoms in total. The molecule has 4 unspecified atom stereocenters. The first-order valence-electron chi connectivity index (χ1n) is 20.5. The van der Waals surface area contributed by atoms with Crippen molar-refractivity contribution in [1.29, 1.82) is 0 Å². The lowest BCUT2D eigenvalue weighted by atomic mass is 9.93. The number of benzene rings is 1. The van der Waals surface area contributed by atoms with E-state index in [-0.39, 0.29) is 80.4 Å². The highest BCUT2D eigenvalue weighted by Gasteiger charge is 2.37. The van der Waals surface area contributed by atoms with Crippen molar-refractivity contribution >= 4 is 70.9 Å². The van der Waals surface area contributed by atoms with Crippen molar-refractivity contribution in [3.8, 4) is 0 Å². The van der Waals surface area contributed by atoms with E-state index in [1.165, 1.54) is 13.8 Å². The summed E-state index contributed by atoms with van der Waals surface area (Å²) in [5.74, 6) is -6.90. The molecular formula is C43H56N2O19S. The second-order valence-electron chi connectivity index (χ2n) is 14.6. The van der Waals surface area contributed by atoms with Gasteiger partial charge in [-0.25, -0.2) is 19.2 Å². The van der Waals surface area contributed by atoms with E-state index in [1.807, 2.05) is 0 Å². The highest BCUT2D eigenvalue weighted by atomic mass is 32.1. The Kier molecular flexibility index (Phi) is 24.9. The molecule has 1 heterocycles. The SMILES string of the molecule is C=C(C)C(=O)OCCOC(=O)CCC(=O)OCC(O)CN1C(=O)CCC(CCC(O)COC(=O)c2ccccc2)C(=S)N(CC(O)COC(=O)CCC(=O)OCCOC(=O)C(=C)C)C1=O. The van der Waals surface area contributed by atoms with Crippen LogP contribution in [0.25, 0.3) is 0 Å². The highest BCUT2D eigenvalue weighted by molar-refractivity contribution is 7.80. The van der Waals surface area contributed by atoms with E-state index in [0.29, 0.717) is 4.90 Å². The summed E-state index contributed by atoms with van der Waals surface area (Å²) >= 11 is 5.69. The zero-order valence-corrected chi connectivity index (χ0v) is 37.1. The maximum atomic E-state index is 14.0. The topological polar surface area (TPSA) is 285 Å². The molecule has 0 saturated carbocycles. The minimum absolute atomic E-state index is 0.0156. The van der Waals surface area contributed by atoms with Gasteiger partial charge in [-0.3, -0.25) is 33.8 Å². The molecule has 22 heteroatoms. The molecular weight excluding hydrogens is 881 g/mol. The first kappa shape index (κ1) is 55.0. The van der Waals surface area contributed by atoms with Crippen LogP contribution in [0.5, 0.6) is 0 Å². The fourth-order valence-corrected chi connectivity index (χ4v) is 5.86. The lowest BCUT2D eigenvalue weighted by molar-refractivity contribution is -0.154. The standard InChI is InChI=1S/C43H56N2O19S/c1-27(2)40(54)60-20-18-58-35(50)14-16-37(52)62-25-32(47)22-44-34(49)13-11-29(10-12-31(46)24-64-42(56)30-8-6-5-7-9-30)39(65)45(43(44)57)23-33(48)26-63-38(53)17-15-36(51)59-19-21-61-41(55)28(3)4/h5-9,29,31-33,46-48H,1,3,10-26H2,2,4H3. The number of aliphatic hydroxyl groups is 3. The van der Waals surface area contributed by atoms with Gasteiger partial charge in [0.15, 0.2) is 0 Å². The maximum absolute atomic E-state index is 14.0. The second kappa shape index (κ2) is 29.4. The molecule has 0 spiro atoms. The molecule has 1 aromatic rings. The minimum atomic E-state index is -1.62. The summed E-state index contributed by atoms with van der Waals surface area (Å²) in [7, 11) is 0. The van der Waals surface area contributed by atoms with Gasteiger partial charge in [-0.1, -0.05) is 43.6 Å². The summed E-state index contributed by atoms with van der Waals surface area (Å²) < 4.78 is 34.7. The van der Waals surface area contributed by atoms with Crippen molar-refractivity contribution in [1.82, 2.24) is 9.80 Å². The Hall–Kier alpha value is -6.10. The first-order valence-corrected chi connectivity index (χ1v) is 20.9. The second-order valence-corrected chi connectivity index (χ2v) is 15.0. The Morgan fingerprint density at radius 2 is 1.08 bits per heavy atom. The van der Waals surface area contributed by atoms with Crippen molar-refractivity contribution in [2.24, 2.45) is 5.92 Å². The van der Waals surface area contributed by atoms with E-state index in [4.69, 9.17) is 45.4 Å². The molecule has 0 radical (unpaired) electrons. The van der Waals surface area contributed by atoms with Crippen molar-refractivity contribution in [3.05, 3.63) is 60.2 Å². The fraction of sp³-hybridized carbons (Fsp3) is 0.535. The maximum Gasteiger partial charge on any atom is 0.338 e. The van der Waals surface area contributed by atoms with Crippen molar-refractivity contribution in [2.75, 3.05) is 59.3 Å². The van der Waals surface area contributed by atoms with Crippen LogP contribution in [-0.2, 0) is 66.7 Å². The third kappa shape index (κ3) is 21.9. The zero-order valence-electron chi connectivity index (χ0n) is 36.3. The van der Waals surface area contributed by atoms with Crippen LogP contribution in [0.1, 0.15) is 75.6 Å². The fourth-order valence-electron chi connectivity index (χ4n) is 5.47. The smallest absolute Gasteiger partial charge is 0.338 e. The molecule has 1 saturated heterocycles. The molecule has 0 bridgehead atoms. The Bertz CT molecular complexity index is 1870. The van der Waals surface area contributed by atoms with Gasteiger partial charge in [-0.05, 0) is 45.2 Å². The van der Waals surface area contributed by atoms with Gasteiger partial charge in [0, 0.05) is 23.5 Å². The number of nitrogens with zero attached hydrogens (tertiary/aromatic N) is 2. The summed E-state index contributed by atoms with van der Waals surface area (Å²) in [5, 5.41) is 32.3. The third-order valence-corrected chi connectivity index (χ3v) is 9.49. The Morgan fingerprint density at radius 3 is 1.55 bits per heavy atom. The van der Waals surface area contributed by atoms with Gasteiger partial charge >= 0.3 is 47.8 Å². The number of carbonyl (C=O) groups excluding carboxylic acids is 9. The summed E-state index contributed by atoms with van der Waals surface area (Å²) in [6, 6.07) is 7.02. The predicted octanol–water partition coefficient (Wildman–Crippen LogP) is 1.67. The van der Waals surface area contributed by atoms with Crippen LogP contribution in [-0.4, -0.2) is 161 Å². The molecule has 1 aromatic carbocycles. The van der Waals surface area contributed by atoms with Crippen molar-refractivity contribution in [3.63, 3.8) is 0 Å². The van der Waals surface area contributed by atoms with E-state index in [1.54, 1.807) is 30.3 Å². The van der Waals surface area contributed by atoms with Crippen LogP contribution < -0.4 is 0 Å². The van der Waals surface area contributed by atoms with Crippen LogP contribution in [0.4, 0.5) is 4.79 Å². The molecule has 2 rings (SSSR count). The third-order valence-electron chi connectivity index (χ3n) is 8.93. The average molecular weight is 937 g/mol. The van der Waals surface area contributed by atoms with E-state index in [9.17, 15) is 58.5 Å². The summed E-state index contributed by atoms with van der Waals surface area (Å²) in [6.07, 6.45) is -6.18. The van der Waals surface area contributed by atoms with Gasteiger partial charge in [0.2, 0.25) is 5.91 Å². The van der Waals surface area contributed by atoms with Gasteiger partial charge in [0.05, 0.1) is 55.4 Å². The van der Waals surface area contributed by atoms with E-state index in [0.717, 1.165) is 4.90 Å². The number of esters is 7. The van der Waals surface area contributed by atoms with Gasteiger partial charge in [0.1, 0.15) is 58.5 Å². The molecule has 0 aliphatic carbocycles.